The second-order valence-electron chi connectivity index (χ2n) is 1.39. The molecule has 0 heterocycles. The van der Waals surface area contributed by atoms with E-state index in [2.05, 4.69) is 4.85 Å². The summed E-state index contributed by atoms with van der Waals surface area (Å²) < 4.78 is 0. The van der Waals surface area contributed by atoms with Crippen LogP contribution in [0.4, 0.5) is 0 Å². The fraction of sp³-hybridized carbons (Fsp3) is 0.600. The van der Waals surface area contributed by atoms with Gasteiger partial charge >= 0.3 is 12.0 Å². The quantitative estimate of drug-likeness (QED) is 0.537. The Kier molecular flexibility index (Phi) is 2.63. The van der Waals surface area contributed by atoms with Crippen molar-refractivity contribution in [3.63, 3.8) is 0 Å². The predicted octanol–water partition coefficient (Wildman–Crippen LogP) is 0.769. The lowest BCUT2D eigenvalue weighted by molar-refractivity contribution is -0.137. The SMILES string of the molecule is [C-]#[N+][C@H](CC)C(=O)O. The monoisotopic (exact) mass is 113 g/mol. The van der Waals surface area contributed by atoms with E-state index in [-0.39, 0.29) is 0 Å². The average Bonchev–Trinajstić information content (AvgIpc) is 1.69. The molecule has 8 heavy (non-hydrogen) atoms. The average molecular weight is 113 g/mol. The third kappa shape index (κ3) is 1.61. The molecule has 0 amide bonds. The highest BCUT2D eigenvalue weighted by Crippen LogP contribution is 1.94. The van der Waals surface area contributed by atoms with Crippen molar-refractivity contribution in [2.24, 2.45) is 0 Å². The lowest BCUT2D eigenvalue weighted by Gasteiger charge is -1.90. The minimum Gasteiger partial charge on any atom is -0.476 e. The van der Waals surface area contributed by atoms with Crippen molar-refractivity contribution in [1.82, 2.24) is 0 Å². The van der Waals surface area contributed by atoms with Crippen LogP contribution in [0.15, 0.2) is 0 Å². The van der Waals surface area contributed by atoms with E-state index in [1.165, 1.54) is 0 Å². The van der Waals surface area contributed by atoms with Crippen LogP contribution in [0.1, 0.15) is 13.3 Å². The second kappa shape index (κ2) is 3.03. The van der Waals surface area contributed by atoms with Crippen molar-refractivity contribution < 1.29 is 9.90 Å². The van der Waals surface area contributed by atoms with E-state index in [4.69, 9.17) is 11.7 Å². The van der Waals surface area contributed by atoms with Gasteiger partial charge in [0.05, 0.1) is 0 Å². The largest absolute Gasteiger partial charge is 0.476 e. The molecular formula is C5H7NO2. The Balaban J connectivity index is 3.76. The summed E-state index contributed by atoms with van der Waals surface area (Å²) in [5.74, 6) is -1.03. The highest BCUT2D eigenvalue weighted by atomic mass is 16.4. The first kappa shape index (κ1) is 6.96. The zero-order chi connectivity index (χ0) is 6.57. The Labute approximate surface area is 47.8 Å². The number of aliphatic carboxylic acids is 1. The minimum absolute atomic E-state index is 0.388. The van der Waals surface area contributed by atoms with E-state index in [9.17, 15) is 4.79 Å². The van der Waals surface area contributed by atoms with Crippen LogP contribution in [0.5, 0.6) is 0 Å². The van der Waals surface area contributed by atoms with Gasteiger partial charge in [0.1, 0.15) is 0 Å². The van der Waals surface area contributed by atoms with Gasteiger partial charge < -0.3 is 9.95 Å². The van der Waals surface area contributed by atoms with Gasteiger partial charge in [-0.15, -0.1) is 0 Å². The number of hydrogen-bond acceptors (Lipinski definition) is 1. The first-order chi connectivity index (χ1) is 3.72. The molecule has 0 saturated heterocycles. The fourth-order valence-corrected chi connectivity index (χ4v) is 0.321. The van der Waals surface area contributed by atoms with Gasteiger partial charge in [-0.2, -0.15) is 0 Å². The molecule has 0 bridgehead atoms. The summed E-state index contributed by atoms with van der Waals surface area (Å²) in [5.41, 5.74) is 0. The number of carboxylic acid groups (broad SMARTS) is 1. The number of carbonyl (C=O) groups is 1. The zero-order valence-corrected chi connectivity index (χ0v) is 4.59. The van der Waals surface area contributed by atoms with E-state index in [0.29, 0.717) is 6.42 Å². The Hall–Kier alpha value is -1.04. The number of carboxylic acids is 1. The van der Waals surface area contributed by atoms with Gasteiger partial charge in [-0.05, 0) is 0 Å². The normalized spacial score (nSPS) is 12.0. The third-order valence-electron chi connectivity index (χ3n) is 0.828. The molecule has 1 atom stereocenters. The Morgan fingerprint density at radius 3 is 2.50 bits per heavy atom. The van der Waals surface area contributed by atoms with Crippen LogP contribution in [-0.2, 0) is 4.79 Å². The molecule has 3 heteroatoms. The van der Waals surface area contributed by atoms with Gasteiger partial charge in [0, 0.05) is 6.42 Å². The van der Waals surface area contributed by atoms with Crippen LogP contribution in [0, 0.1) is 6.57 Å². The molecule has 0 aromatic carbocycles. The molecule has 0 unspecified atom stereocenters. The molecular weight excluding hydrogens is 106 g/mol. The molecule has 0 aromatic heterocycles. The van der Waals surface area contributed by atoms with Crippen LogP contribution >= 0.6 is 0 Å². The summed E-state index contributed by atoms with van der Waals surface area (Å²) in [6.45, 7) is 8.01. The van der Waals surface area contributed by atoms with Crippen LogP contribution < -0.4 is 0 Å². The molecule has 0 fully saturated rings. The molecule has 0 spiro atoms. The molecule has 3 nitrogen and oxygen atoms in total. The fourth-order valence-electron chi connectivity index (χ4n) is 0.321. The first-order valence-corrected chi connectivity index (χ1v) is 2.31. The molecule has 0 aliphatic carbocycles. The van der Waals surface area contributed by atoms with E-state index in [1.54, 1.807) is 6.92 Å². The van der Waals surface area contributed by atoms with Crippen molar-refractivity contribution in [2.75, 3.05) is 0 Å². The summed E-state index contributed by atoms with van der Waals surface area (Å²) in [6, 6.07) is -0.838. The minimum atomic E-state index is -1.03. The maximum Gasteiger partial charge on any atom is 0.387 e. The van der Waals surface area contributed by atoms with Gasteiger partial charge in [-0.25, -0.2) is 11.4 Å². The molecule has 0 aliphatic heterocycles. The molecule has 0 aliphatic rings. The molecule has 0 saturated carbocycles. The van der Waals surface area contributed by atoms with Crippen molar-refractivity contribution in [3.05, 3.63) is 11.4 Å². The molecule has 0 rings (SSSR count). The highest BCUT2D eigenvalue weighted by molar-refractivity contribution is 5.75. The van der Waals surface area contributed by atoms with Crippen LogP contribution in [0.2, 0.25) is 0 Å². The lowest BCUT2D eigenvalue weighted by Crippen LogP contribution is -2.13. The maximum atomic E-state index is 9.95. The smallest absolute Gasteiger partial charge is 0.387 e. The van der Waals surface area contributed by atoms with Gasteiger partial charge in [-0.1, -0.05) is 6.92 Å². The summed E-state index contributed by atoms with van der Waals surface area (Å²) in [5, 5.41) is 8.16. The summed E-state index contributed by atoms with van der Waals surface area (Å²) >= 11 is 0. The van der Waals surface area contributed by atoms with Crippen molar-refractivity contribution in [1.29, 1.82) is 0 Å². The van der Waals surface area contributed by atoms with Crippen LogP contribution in [0.3, 0.4) is 0 Å². The van der Waals surface area contributed by atoms with Crippen molar-refractivity contribution >= 4 is 5.97 Å². The van der Waals surface area contributed by atoms with Gasteiger partial charge in [-0.3, -0.25) is 0 Å². The van der Waals surface area contributed by atoms with E-state index in [0.717, 1.165) is 0 Å². The number of rotatable bonds is 2. The maximum absolute atomic E-state index is 9.95. The highest BCUT2D eigenvalue weighted by Gasteiger charge is 2.17. The van der Waals surface area contributed by atoms with Gasteiger partial charge in [0.2, 0.25) is 0 Å². The summed E-state index contributed by atoms with van der Waals surface area (Å²) in [6.07, 6.45) is 0.388. The van der Waals surface area contributed by atoms with Gasteiger partial charge in [0.25, 0.3) is 0 Å². The van der Waals surface area contributed by atoms with E-state index < -0.39 is 12.0 Å². The predicted molar refractivity (Wildman–Crippen MR) is 28.3 cm³/mol. The molecule has 44 valence electrons. The Morgan fingerprint density at radius 1 is 2.00 bits per heavy atom. The van der Waals surface area contributed by atoms with Gasteiger partial charge in [0.15, 0.2) is 0 Å². The van der Waals surface area contributed by atoms with Crippen LogP contribution in [0.25, 0.3) is 4.85 Å². The third-order valence-corrected chi connectivity index (χ3v) is 0.828. The second-order valence-corrected chi connectivity index (χ2v) is 1.39. The van der Waals surface area contributed by atoms with Crippen molar-refractivity contribution in [3.8, 4) is 0 Å². The van der Waals surface area contributed by atoms with Crippen molar-refractivity contribution in [2.45, 2.75) is 19.4 Å². The van der Waals surface area contributed by atoms with Crippen LogP contribution in [-0.4, -0.2) is 17.1 Å². The van der Waals surface area contributed by atoms with E-state index in [1.807, 2.05) is 0 Å². The first-order valence-electron chi connectivity index (χ1n) is 2.31. The summed E-state index contributed by atoms with van der Waals surface area (Å²) in [4.78, 5) is 12.8. The molecule has 0 aromatic rings. The lowest BCUT2D eigenvalue weighted by atomic mass is 10.2. The zero-order valence-electron chi connectivity index (χ0n) is 4.59. The summed E-state index contributed by atoms with van der Waals surface area (Å²) in [7, 11) is 0. The number of hydrogen-bond donors (Lipinski definition) is 1. The molecule has 0 radical (unpaired) electrons. The molecule has 1 N–H and O–H groups in total. The standard InChI is InChI=1S/C5H7NO2/c1-3-4(6-2)5(7)8/h4H,3H2,1H3,(H,7,8)/t4-/m1/s1. The Bertz CT molecular complexity index is 125. The number of nitrogens with zero attached hydrogens (tertiary/aromatic N) is 1. The Morgan fingerprint density at radius 2 is 2.50 bits per heavy atom. The topological polar surface area (TPSA) is 41.7 Å². The van der Waals surface area contributed by atoms with E-state index >= 15 is 0 Å².